The molecule has 1 atom stereocenters. The van der Waals surface area contributed by atoms with Gasteiger partial charge in [-0.1, -0.05) is 29.3 Å². The first-order valence-electron chi connectivity index (χ1n) is 8.24. The average Bonchev–Trinajstić information content (AvgIpc) is 2.70. The van der Waals surface area contributed by atoms with E-state index in [-0.39, 0.29) is 11.6 Å². The van der Waals surface area contributed by atoms with E-state index in [0.29, 0.717) is 27.2 Å². The van der Waals surface area contributed by atoms with Crippen LogP contribution in [-0.4, -0.2) is 20.1 Å². The molecule has 2 aromatic carbocycles. The molecule has 0 aliphatic heterocycles. The summed E-state index contributed by atoms with van der Waals surface area (Å²) in [6.45, 7) is 1.81. The highest BCUT2D eigenvalue weighted by molar-refractivity contribution is 6.42. The number of nitriles is 1. The number of halogens is 2. The fourth-order valence-corrected chi connectivity index (χ4v) is 2.67. The summed E-state index contributed by atoms with van der Waals surface area (Å²) in [4.78, 5) is 12.4. The van der Waals surface area contributed by atoms with Crippen molar-refractivity contribution in [2.24, 2.45) is 0 Å². The Hall–Kier alpha value is -2.88. The van der Waals surface area contributed by atoms with Gasteiger partial charge in [-0.25, -0.2) is 0 Å². The van der Waals surface area contributed by atoms with Gasteiger partial charge in [0.1, 0.15) is 11.6 Å². The van der Waals surface area contributed by atoms with Crippen molar-refractivity contribution in [3.63, 3.8) is 0 Å². The summed E-state index contributed by atoms with van der Waals surface area (Å²) in [5, 5.41) is 15.7. The summed E-state index contributed by atoms with van der Waals surface area (Å²) in [5.74, 6) is 0.629. The smallest absolute Gasteiger partial charge is 0.263 e. The largest absolute Gasteiger partial charge is 0.493 e. The highest BCUT2D eigenvalue weighted by Crippen LogP contribution is 2.30. The molecular weight excluding hydrogens is 401 g/mol. The third-order valence-corrected chi connectivity index (χ3v) is 4.66. The zero-order valence-corrected chi connectivity index (χ0v) is 17.1. The molecule has 28 heavy (non-hydrogen) atoms. The monoisotopic (exact) mass is 419 g/mol. The topological polar surface area (TPSA) is 83.4 Å². The molecule has 1 unspecified atom stereocenters. The van der Waals surface area contributed by atoms with E-state index in [9.17, 15) is 10.1 Å². The lowest BCUT2D eigenvalue weighted by molar-refractivity contribution is -0.117. The van der Waals surface area contributed by atoms with Crippen molar-refractivity contribution >= 4 is 34.8 Å². The van der Waals surface area contributed by atoms with Gasteiger partial charge in [0.2, 0.25) is 0 Å². The molecule has 6 nitrogen and oxygen atoms in total. The molecule has 0 aromatic heterocycles. The number of hydrogen-bond donors (Lipinski definition) is 2. The number of carbonyl (C=O) groups is 1. The second-order valence-electron chi connectivity index (χ2n) is 5.75. The van der Waals surface area contributed by atoms with Gasteiger partial charge < -0.3 is 20.1 Å². The van der Waals surface area contributed by atoms with Crippen LogP contribution in [0.25, 0.3) is 0 Å². The number of nitrogens with one attached hydrogen (secondary N) is 2. The van der Waals surface area contributed by atoms with Crippen molar-refractivity contribution in [3.05, 3.63) is 63.8 Å². The number of anilines is 1. The van der Waals surface area contributed by atoms with Gasteiger partial charge >= 0.3 is 0 Å². The lowest BCUT2D eigenvalue weighted by atomic mass is 10.1. The minimum atomic E-state index is -0.516. The van der Waals surface area contributed by atoms with Crippen molar-refractivity contribution < 1.29 is 14.3 Å². The molecule has 0 saturated carbocycles. The first-order valence-corrected chi connectivity index (χ1v) is 8.99. The third kappa shape index (κ3) is 5.32. The van der Waals surface area contributed by atoms with E-state index in [1.165, 1.54) is 13.3 Å². The Kier molecular flexibility index (Phi) is 7.56. The first-order chi connectivity index (χ1) is 13.4. The van der Waals surface area contributed by atoms with Gasteiger partial charge in [0, 0.05) is 11.9 Å². The predicted octanol–water partition coefficient (Wildman–Crippen LogP) is 4.71. The molecule has 1 amide bonds. The van der Waals surface area contributed by atoms with Crippen LogP contribution < -0.4 is 20.1 Å². The van der Waals surface area contributed by atoms with Crippen molar-refractivity contribution in [1.82, 2.24) is 5.32 Å². The highest BCUT2D eigenvalue weighted by Gasteiger charge is 2.15. The minimum Gasteiger partial charge on any atom is -0.493 e. The number of methoxy groups -OCH3 is 2. The van der Waals surface area contributed by atoms with Gasteiger partial charge in [0.05, 0.1) is 30.3 Å². The van der Waals surface area contributed by atoms with Crippen LogP contribution in [0.3, 0.4) is 0 Å². The molecule has 8 heteroatoms. The molecule has 0 aliphatic carbocycles. The van der Waals surface area contributed by atoms with Crippen LogP contribution in [-0.2, 0) is 4.79 Å². The van der Waals surface area contributed by atoms with Crippen LogP contribution in [0.4, 0.5) is 5.69 Å². The van der Waals surface area contributed by atoms with Gasteiger partial charge in [-0.2, -0.15) is 5.26 Å². The van der Waals surface area contributed by atoms with E-state index in [1.54, 1.807) is 44.4 Å². The number of amides is 1. The molecule has 0 bridgehead atoms. The van der Waals surface area contributed by atoms with Crippen LogP contribution in [0.15, 0.2) is 48.2 Å². The fraction of sp³-hybridized carbons (Fsp3) is 0.200. The van der Waals surface area contributed by atoms with E-state index < -0.39 is 5.91 Å². The lowest BCUT2D eigenvalue weighted by Crippen LogP contribution is -2.28. The van der Waals surface area contributed by atoms with Crippen molar-refractivity contribution in [1.29, 1.82) is 5.26 Å². The number of nitrogens with zero attached hydrogens (tertiary/aromatic N) is 1. The molecule has 2 rings (SSSR count). The summed E-state index contributed by atoms with van der Waals surface area (Å²) in [5.41, 5.74) is 1.32. The van der Waals surface area contributed by atoms with Gasteiger partial charge in [0.25, 0.3) is 5.91 Å². The lowest BCUT2D eigenvalue weighted by Gasteiger charge is -2.16. The Labute approximate surface area is 173 Å². The van der Waals surface area contributed by atoms with Gasteiger partial charge in [-0.3, -0.25) is 4.79 Å². The normalized spacial score (nSPS) is 11.9. The Morgan fingerprint density at radius 3 is 2.43 bits per heavy atom. The van der Waals surface area contributed by atoms with E-state index in [4.69, 9.17) is 32.7 Å². The van der Waals surface area contributed by atoms with Gasteiger partial charge in [0.15, 0.2) is 11.5 Å². The molecule has 0 fully saturated rings. The first kappa shape index (κ1) is 21.4. The molecule has 0 heterocycles. The summed E-state index contributed by atoms with van der Waals surface area (Å²) in [6.07, 6.45) is 1.32. The van der Waals surface area contributed by atoms with E-state index in [0.717, 1.165) is 5.56 Å². The molecule has 0 aliphatic rings. The van der Waals surface area contributed by atoms with Crippen molar-refractivity contribution in [3.8, 4) is 17.6 Å². The second-order valence-corrected chi connectivity index (χ2v) is 6.57. The molecular formula is C20H19Cl2N3O3. The summed E-state index contributed by atoms with van der Waals surface area (Å²) >= 11 is 11.8. The molecule has 0 radical (unpaired) electrons. The van der Waals surface area contributed by atoms with Gasteiger partial charge in [-0.05, 0) is 42.8 Å². The fourth-order valence-electron chi connectivity index (χ4n) is 2.37. The van der Waals surface area contributed by atoms with Crippen LogP contribution in [0, 0.1) is 11.3 Å². The SMILES string of the molecule is COc1ccc(C(C)NC(=O)/C(C#N)=C\Nc2ccc(Cl)c(Cl)c2)cc1OC. The molecule has 2 N–H and O–H groups in total. The quantitative estimate of drug-likeness (QED) is 0.501. The Balaban J connectivity index is 2.10. The summed E-state index contributed by atoms with van der Waals surface area (Å²) in [7, 11) is 3.09. The number of ether oxygens (including phenoxy) is 2. The number of carbonyl (C=O) groups excluding carboxylic acids is 1. The van der Waals surface area contributed by atoms with E-state index >= 15 is 0 Å². The van der Waals surface area contributed by atoms with Crippen LogP contribution in [0.1, 0.15) is 18.5 Å². The van der Waals surface area contributed by atoms with Crippen molar-refractivity contribution in [2.75, 3.05) is 19.5 Å². The molecule has 0 saturated heterocycles. The summed E-state index contributed by atoms with van der Waals surface area (Å²) in [6, 6.07) is 11.8. The molecule has 0 spiro atoms. The number of hydrogen-bond acceptors (Lipinski definition) is 5. The molecule has 146 valence electrons. The third-order valence-electron chi connectivity index (χ3n) is 3.92. The van der Waals surface area contributed by atoms with Crippen LogP contribution in [0.2, 0.25) is 10.0 Å². The zero-order chi connectivity index (χ0) is 20.7. The minimum absolute atomic E-state index is 0.0848. The van der Waals surface area contributed by atoms with Crippen LogP contribution >= 0.6 is 23.2 Å². The van der Waals surface area contributed by atoms with Gasteiger partial charge in [-0.15, -0.1) is 0 Å². The maximum atomic E-state index is 12.4. The van der Waals surface area contributed by atoms with E-state index in [1.807, 2.05) is 12.1 Å². The Bertz CT molecular complexity index is 939. The summed E-state index contributed by atoms with van der Waals surface area (Å²) < 4.78 is 10.5. The van der Waals surface area contributed by atoms with Crippen LogP contribution in [0.5, 0.6) is 11.5 Å². The number of rotatable bonds is 7. The standard InChI is InChI=1S/C20H19Cl2N3O3/c1-12(13-4-7-18(27-2)19(8-13)28-3)25-20(26)14(10-23)11-24-15-5-6-16(21)17(22)9-15/h4-9,11-12,24H,1-3H3,(H,25,26)/b14-11-. The average molecular weight is 420 g/mol. The van der Waals surface area contributed by atoms with E-state index in [2.05, 4.69) is 10.6 Å². The Morgan fingerprint density at radius 1 is 1.11 bits per heavy atom. The number of benzene rings is 2. The predicted molar refractivity (Wildman–Crippen MR) is 110 cm³/mol. The van der Waals surface area contributed by atoms with Crippen molar-refractivity contribution in [2.45, 2.75) is 13.0 Å². The highest BCUT2D eigenvalue weighted by atomic mass is 35.5. The Morgan fingerprint density at radius 2 is 1.82 bits per heavy atom. The maximum Gasteiger partial charge on any atom is 0.263 e. The zero-order valence-electron chi connectivity index (χ0n) is 15.5. The second kappa shape index (κ2) is 9.88. The molecule has 2 aromatic rings. The maximum absolute atomic E-state index is 12.4.